The maximum Gasteiger partial charge on any atom is 0.306 e. The second kappa shape index (κ2) is 8.97. The number of thioether (sulfide) groups is 1. The van der Waals surface area contributed by atoms with Crippen molar-refractivity contribution >= 4 is 17.7 Å². The number of aromatic nitrogens is 4. The van der Waals surface area contributed by atoms with Crippen molar-refractivity contribution in [2.45, 2.75) is 44.9 Å². The molecule has 0 spiro atoms. The van der Waals surface area contributed by atoms with Crippen molar-refractivity contribution in [3.8, 4) is 11.5 Å². The van der Waals surface area contributed by atoms with Gasteiger partial charge >= 0.3 is 5.97 Å². The SMILES string of the molecule is CSc1nc(C)c(CCC(=O)O[C@@H](C)c2nnc(-c3ccccc3)o2)c(C)n1. The van der Waals surface area contributed by atoms with E-state index in [0.717, 1.165) is 27.7 Å². The number of aryl methyl sites for hydroxylation is 2. The fourth-order valence-corrected chi connectivity index (χ4v) is 3.25. The third kappa shape index (κ3) is 4.75. The molecule has 146 valence electrons. The molecule has 0 N–H and O–H groups in total. The molecule has 0 saturated heterocycles. The molecule has 0 unspecified atom stereocenters. The van der Waals surface area contributed by atoms with E-state index in [0.29, 0.717) is 12.3 Å². The highest BCUT2D eigenvalue weighted by Crippen LogP contribution is 2.23. The number of carbonyl (C=O) groups is 1. The van der Waals surface area contributed by atoms with E-state index in [9.17, 15) is 4.79 Å². The van der Waals surface area contributed by atoms with Crippen LogP contribution in [0.4, 0.5) is 0 Å². The van der Waals surface area contributed by atoms with Crippen LogP contribution in [-0.4, -0.2) is 32.4 Å². The Bertz CT molecular complexity index is 936. The predicted octanol–water partition coefficient (Wildman–Crippen LogP) is 4.10. The Labute approximate surface area is 168 Å². The van der Waals surface area contributed by atoms with Crippen LogP contribution in [0.25, 0.3) is 11.5 Å². The van der Waals surface area contributed by atoms with Crippen LogP contribution >= 0.6 is 11.8 Å². The molecule has 0 fully saturated rings. The number of rotatable bonds is 7. The van der Waals surface area contributed by atoms with Gasteiger partial charge in [-0.2, -0.15) is 0 Å². The van der Waals surface area contributed by atoms with Gasteiger partial charge in [0.15, 0.2) is 11.3 Å². The van der Waals surface area contributed by atoms with Crippen LogP contribution in [0, 0.1) is 13.8 Å². The molecule has 2 heterocycles. The summed E-state index contributed by atoms with van der Waals surface area (Å²) in [6, 6.07) is 9.45. The number of ether oxygens (including phenoxy) is 1. The second-order valence-electron chi connectivity index (χ2n) is 6.30. The van der Waals surface area contributed by atoms with Crippen molar-refractivity contribution in [2.24, 2.45) is 0 Å². The second-order valence-corrected chi connectivity index (χ2v) is 7.08. The van der Waals surface area contributed by atoms with E-state index in [1.807, 2.05) is 50.4 Å². The summed E-state index contributed by atoms with van der Waals surface area (Å²) in [5.74, 6) is 0.336. The molecular weight excluding hydrogens is 376 g/mol. The Morgan fingerprint density at radius 1 is 1.14 bits per heavy atom. The molecule has 0 aliphatic heterocycles. The minimum absolute atomic E-state index is 0.230. The van der Waals surface area contributed by atoms with Gasteiger partial charge in [-0.15, -0.1) is 10.2 Å². The quantitative estimate of drug-likeness (QED) is 0.334. The lowest BCUT2D eigenvalue weighted by Crippen LogP contribution is -2.11. The maximum atomic E-state index is 12.3. The lowest BCUT2D eigenvalue weighted by atomic mass is 10.1. The van der Waals surface area contributed by atoms with Crippen LogP contribution in [0.15, 0.2) is 39.9 Å². The first-order chi connectivity index (χ1) is 13.5. The van der Waals surface area contributed by atoms with Gasteiger partial charge in [0.1, 0.15) is 0 Å². The van der Waals surface area contributed by atoms with E-state index in [1.54, 1.807) is 6.92 Å². The lowest BCUT2D eigenvalue weighted by molar-refractivity contribution is -0.149. The van der Waals surface area contributed by atoms with E-state index in [2.05, 4.69) is 20.2 Å². The van der Waals surface area contributed by atoms with Gasteiger partial charge in [0, 0.05) is 23.4 Å². The molecule has 2 aromatic heterocycles. The van der Waals surface area contributed by atoms with Gasteiger partial charge in [-0.1, -0.05) is 30.0 Å². The Balaban J connectivity index is 1.59. The van der Waals surface area contributed by atoms with Crippen molar-refractivity contribution < 1.29 is 13.9 Å². The van der Waals surface area contributed by atoms with Crippen molar-refractivity contribution in [2.75, 3.05) is 6.26 Å². The summed E-state index contributed by atoms with van der Waals surface area (Å²) in [4.78, 5) is 21.1. The van der Waals surface area contributed by atoms with E-state index in [1.165, 1.54) is 11.8 Å². The molecule has 0 saturated carbocycles. The molecule has 7 nitrogen and oxygen atoms in total. The summed E-state index contributed by atoms with van der Waals surface area (Å²) in [6.07, 6.45) is 2.08. The molecule has 8 heteroatoms. The zero-order valence-corrected chi connectivity index (χ0v) is 17.1. The summed E-state index contributed by atoms with van der Waals surface area (Å²) in [5.41, 5.74) is 3.58. The molecular formula is C20H22N4O3S. The van der Waals surface area contributed by atoms with E-state index in [-0.39, 0.29) is 18.3 Å². The van der Waals surface area contributed by atoms with Gasteiger partial charge in [-0.05, 0) is 51.1 Å². The first-order valence-electron chi connectivity index (χ1n) is 8.94. The Hall–Kier alpha value is -2.74. The number of esters is 1. The zero-order chi connectivity index (χ0) is 20.1. The van der Waals surface area contributed by atoms with Gasteiger partial charge < -0.3 is 9.15 Å². The standard InChI is InChI=1S/C20H22N4O3S/c1-12-16(13(2)22-20(21-12)28-4)10-11-17(25)26-14(3)18-23-24-19(27-18)15-8-6-5-7-9-15/h5-9,14H,10-11H2,1-4H3/t14-/m0/s1. The zero-order valence-electron chi connectivity index (χ0n) is 16.3. The Kier molecular flexibility index (Phi) is 6.41. The third-order valence-electron chi connectivity index (χ3n) is 4.28. The van der Waals surface area contributed by atoms with Gasteiger partial charge in [0.2, 0.25) is 5.89 Å². The molecule has 3 aromatic rings. The number of nitrogens with zero attached hydrogens (tertiary/aromatic N) is 4. The van der Waals surface area contributed by atoms with Crippen molar-refractivity contribution in [3.63, 3.8) is 0 Å². The van der Waals surface area contributed by atoms with Crippen molar-refractivity contribution in [1.29, 1.82) is 0 Å². The molecule has 0 amide bonds. The number of carbonyl (C=O) groups excluding carboxylic acids is 1. The predicted molar refractivity (Wildman–Crippen MR) is 106 cm³/mol. The minimum Gasteiger partial charge on any atom is -0.453 e. The Morgan fingerprint density at radius 2 is 1.82 bits per heavy atom. The van der Waals surface area contributed by atoms with Gasteiger partial charge in [-0.25, -0.2) is 9.97 Å². The highest BCUT2D eigenvalue weighted by molar-refractivity contribution is 7.98. The topological polar surface area (TPSA) is 91.0 Å². The van der Waals surface area contributed by atoms with Crippen LogP contribution < -0.4 is 0 Å². The van der Waals surface area contributed by atoms with Crippen LogP contribution in [0.1, 0.15) is 42.3 Å². The first kappa shape index (κ1) is 20.0. The van der Waals surface area contributed by atoms with Gasteiger partial charge in [0.05, 0.1) is 0 Å². The number of hydrogen-bond acceptors (Lipinski definition) is 8. The minimum atomic E-state index is -0.616. The average Bonchev–Trinajstić information content (AvgIpc) is 3.18. The van der Waals surface area contributed by atoms with E-state index in [4.69, 9.17) is 9.15 Å². The van der Waals surface area contributed by atoms with Crippen LogP contribution in [-0.2, 0) is 16.0 Å². The highest BCUT2D eigenvalue weighted by atomic mass is 32.2. The average molecular weight is 398 g/mol. The monoisotopic (exact) mass is 398 g/mol. The molecule has 1 atom stereocenters. The maximum absolute atomic E-state index is 12.3. The first-order valence-corrected chi connectivity index (χ1v) is 10.2. The summed E-state index contributed by atoms with van der Waals surface area (Å²) < 4.78 is 11.1. The molecule has 28 heavy (non-hydrogen) atoms. The molecule has 1 aromatic carbocycles. The Morgan fingerprint density at radius 3 is 2.46 bits per heavy atom. The summed E-state index contributed by atoms with van der Waals surface area (Å²) in [7, 11) is 0. The fourth-order valence-electron chi connectivity index (χ4n) is 2.79. The molecule has 0 aliphatic carbocycles. The largest absolute Gasteiger partial charge is 0.453 e. The van der Waals surface area contributed by atoms with Gasteiger partial charge in [-0.3, -0.25) is 4.79 Å². The summed E-state index contributed by atoms with van der Waals surface area (Å²) in [5, 5.41) is 8.75. The number of hydrogen-bond donors (Lipinski definition) is 0. The van der Waals surface area contributed by atoms with Crippen molar-refractivity contribution in [3.05, 3.63) is 53.2 Å². The summed E-state index contributed by atoms with van der Waals surface area (Å²) in [6.45, 7) is 5.58. The van der Waals surface area contributed by atoms with Crippen LogP contribution in [0.2, 0.25) is 0 Å². The molecule has 0 aliphatic rings. The van der Waals surface area contributed by atoms with Crippen LogP contribution in [0.3, 0.4) is 0 Å². The lowest BCUT2D eigenvalue weighted by Gasteiger charge is -2.11. The summed E-state index contributed by atoms with van der Waals surface area (Å²) >= 11 is 1.50. The smallest absolute Gasteiger partial charge is 0.306 e. The normalized spacial score (nSPS) is 12.0. The van der Waals surface area contributed by atoms with Crippen LogP contribution in [0.5, 0.6) is 0 Å². The van der Waals surface area contributed by atoms with Gasteiger partial charge in [0.25, 0.3) is 5.89 Å². The molecule has 3 rings (SSSR count). The van der Waals surface area contributed by atoms with E-state index < -0.39 is 6.10 Å². The number of benzene rings is 1. The molecule has 0 bridgehead atoms. The van der Waals surface area contributed by atoms with E-state index >= 15 is 0 Å². The third-order valence-corrected chi connectivity index (χ3v) is 4.83. The molecule has 0 radical (unpaired) electrons. The fraction of sp³-hybridized carbons (Fsp3) is 0.350. The van der Waals surface area contributed by atoms with Crippen molar-refractivity contribution in [1.82, 2.24) is 20.2 Å². The highest BCUT2D eigenvalue weighted by Gasteiger charge is 2.19.